The number of carbonyl (C=O) groups excluding carboxylic acids is 1. The first-order valence-corrected chi connectivity index (χ1v) is 8.88. The van der Waals surface area contributed by atoms with E-state index < -0.39 is 0 Å². The lowest BCUT2D eigenvalue weighted by molar-refractivity contribution is -0.127. The summed E-state index contributed by atoms with van der Waals surface area (Å²) in [5, 5.41) is 3.31. The van der Waals surface area contributed by atoms with Crippen molar-refractivity contribution in [3.63, 3.8) is 0 Å². The molecular weight excluding hydrogens is 272 g/mol. The van der Waals surface area contributed by atoms with Gasteiger partial charge in [0.05, 0.1) is 5.92 Å². The molecule has 0 bridgehead atoms. The summed E-state index contributed by atoms with van der Waals surface area (Å²) < 4.78 is 0. The van der Waals surface area contributed by atoms with Gasteiger partial charge in [0.2, 0.25) is 5.91 Å². The van der Waals surface area contributed by atoms with Gasteiger partial charge in [0.25, 0.3) is 0 Å². The first-order chi connectivity index (χ1) is 10.8. The van der Waals surface area contributed by atoms with E-state index in [1.54, 1.807) is 0 Å². The van der Waals surface area contributed by atoms with Crippen LogP contribution in [0.3, 0.4) is 0 Å². The normalized spacial score (nSPS) is 24.1. The molecule has 3 nitrogen and oxygen atoms in total. The molecule has 1 saturated heterocycles. The van der Waals surface area contributed by atoms with Crippen LogP contribution < -0.4 is 5.32 Å². The maximum absolute atomic E-state index is 12.5. The number of hydrogen-bond donors (Lipinski definition) is 1. The number of piperidine rings is 1. The molecule has 0 aromatic heterocycles. The summed E-state index contributed by atoms with van der Waals surface area (Å²) in [7, 11) is 0. The molecule has 1 unspecified atom stereocenters. The van der Waals surface area contributed by atoms with Crippen LogP contribution in [-0.4, -0.2) is 29.9 Å². The highest BCUT2D eigenvalue weighted by Crippen LogP contribution is 2.21. The largest absolute Gasteiger partial charge is 0.353 e. The van der Waals surface area contributed by atoms with Gasteiger partial charge in [0.1, 0.15) is 0 Å². The van der Waals surface area contributed by atoms with Crippen LogP contribution in [0, 0.1) is 5.92 Å². The van der Waals surface area contributed by atoms with E-state index in [-0.39, 0.29) is 5.92 Å². The molecular formula is C19H28N2O. The van der Waals surface area contributed by atoms with Gasteiger partial charge in [-0.3, -0.25) is 9.69 Å². The molecule has 1 amide bonds. The van der Waals surface area contributed by atoms with Crippen molar-refractivity contribution in [2.24, 2.45) is 5.92 Å². The second-order valence-corrected chi connectivity index (χ2v) is 6.90. The van der Waals surface area contributed by atoms with E-state index in [2.05, 4.69) is 40.5 Å². The van der Waals surface area contributed by atoms with Crippen molar-refractivity contribution in [3.8, 4) is 0 Å². The van der Waals surface area contributed by atoms with Crippen molar-refractivity contribution in [1.82, 2.24) is 10.2 Å². The van der Waals surface area contributed by atoms with Crippen molar-refractivity contribution in [2.75, 3.05) is 13.1 Å². The number of benzene rings is 1. The zero-order valence-corrected chi connectivity index (χ0v) is 13.5. The van der Waals surface area contributed by atoms with Gasteiger partial charge in [-0.15, -0.1) is 0 Å². The summed E-state index contributed by atoms with van der Waals surface area (Å²) in [5.74, 6) is 0.476. The molecule has 3 rings (SSSR count). The van der Waals surface area contributed by atoms with Gasteiger partial charge >= 0.3 is 0 Å². The lowest BCUT2D eigenvalue weighted by Crippen LogP contribution is -2.46. The molecule has 1 aliphatic carbocycles. The fourth-order valence-electron chi connectivity index (χ4n) is 3.82. The van der Waals surface area contributed by atoms with E-state index in [0.717, 1.165) is 32.5 Å². The summed E-state index contributed by atoms with van der Waals surface area (Å²) in [6.45, 7) is 2.99. The zero-order valence-electron chi connectivity index (χ0n) is 13.5. The van der Waals surface area contributed by atoms with Crippen LogP contribution >= 0.6 is 0 Å². The minimum atomic E-state index is 0.180. The maximum Gasteiger partial charge on any atom is 0.224 e. The lowest BCUT2D eigenvalue weighted by Gasteiger charge is -2.33. The smallest absolute Gasteiger partial charge is 0.224 e. The van der Waals surface area contributed by atoms with Crippen LogP contribution in [0.2, 0.25) is 0 Å². The molecule has 120 valence electrons. The van der Waals surface area contributed by atoms with Gasteiger partial charge in [0, 0.05) is 19.1 Å². The molecule has 2 aliphatic rings. The molecule has 1 aliphatic heterocycles. The number of amides is 1. The highest BCUT2D eigenvalue weighted by molar-refractivity contribution is 5.79. The Kier molecular flexibility index (Phi) is 5.49. The van der Waals surface area contributed by atoms with E-state index in [1.807, 2.05) is 0 Å². The number of hydrogen-bond acceptors (Lipinski definition) is 2. The van der Waals surface area contributed by atoms with Crippen LogP contribution in [0.15, 0.2) is 30.3 Å². The monoisotopic (exact) mass is 300 g/mol. The van der Waals surface area contributed by atoms with E-state index in [9.17, 15) is 4.79 Å². The molecule has 1 aromatic carbocycles. The van der Waals surface area contributed by atoms with E-state index >= 15 is 0 Å². The summed E-state index contributed by atoms with van der Waals surface area (Å²) >= 11 is 0. The van der Waals surface area contributed by atoms with Crippen LogP contribution in [0.25, 0.3) is 0 Å². The first-order valence-electron chi connectivity index (χ1n) is 8.88. The summed E-state index contributed by atoms with van der Waals surface area (Å²) in [5.41, 5.74) is 1.34. The van der Waals surface area contributed by atoms with E-state index in [1.165, 1.54) is 37.7 Å². The van der Waals surface area contributed by atoms with Crippen molar-refractivity contribution in [2.45, 2.75) is 57.5 Å². The summed E-state index contributed by atoms with van der Waals surface area (Å²) in [6, 6.07) is 11.0. The molecule has 1 saturated carbocycles. The van der Waals surface area contributed by atoms with Crippen molar-refractivity contribution < 1.29 is 4.79 Å². The molecule has 3 heteroatoms. The molecule has 0 radical (unpaired) electrons. The van der Waals surface area contributed by atoms with Crippen LogP contribution in [0.5, 0.6) is 0 Å². The van der Waals surface area contributed by atoms with Gasteiger partial charge < -0.3 is 5.32 Å². The number of nitrogens with one attached hydrogen (secondary N) is 1. The van der Waals surface area contributed by atoms with Gasteiger partial charge in [-0.1, -0.05) is 49.6 Å². The van der Waals surface area contributed by atoms with Gasteiger partial charge in [-0.05, 0) is 37.8 Å². The third-order valence-corrected chi connectivity index (χ3v) is 5.08. The predicted octanol–water partition coefficient (Wildman–Crippen LogP) is 3.35. The highest BCUT2D eigenvalue weighted by Gasteiger charge is 2.27. The SMILES string of the molecule is O=C(NC1CCCCC1)C1CCCN(Cc2ccccc2)C1. The van der Waals surface area contributed by atoms with Crippen molar-refractivity contribution >= 4 is 5.91 Å². The Balaban J connectivity index is 1.50. The minimum Gasteiger partial charge on any atom is -0.353 e. The Hall–Kier alpha value is -1.35. The van der Waals surface area contributed by atoms with Crippen LogP contribution in [0.1, 0.15) is 50.5 Å². The third-order valence-electron chi connectivity index (χ3n) is 5.08. The Morgan fingerprint density at radius 3 is 2.59 bits per heavy atom. The number of carbonyl (C=O) groups is 1. The molecule has 1 atom stereocenters. The summed E-state index contributed by atoms with van der Waals surface area (Å²) in [6.07, 6.45) is 8.41. The topological polar surface area (TPSA) is 32.3 Å². The molecule has 22 heavy (non-hydrogen) atoms. The maximum atomic E-state index is 12.5. The average Bonchev–Trinajstić information content (AvgIpc) is 2.57. The molecule has 1 heterocycles. The minimum absolute atomic E-state index is 0.180. The molecule has 2 fully saturated rings. The number of nitrogens with zero attached hydrogens (tertiary/aromatic N) is 1. The van der Waals surface area contributed by atoms with E-state index in [0.29, 0.717) is 11.9 Å². The second-order valence-electron chi connectivity index (χ2n) is 6.90. The zero-order chi connectivity index (χ0) is 15.2. The first kappa shape index (κ1) is 15.5. The second kappa shape index (κ2) is 7.77. The van der Waals surface area contributed by atoms with Gasteiger partial charge in [0.15, 0.2) is 0 Å². The standard InChI is InChI=1S/C19H28N2O/c22-19(20-18-11-5-2-6-12-18)17-10-7-13-21(15-17)14-16-8-3-1-4-9-16/h1,3-4,8-9,17-18H,2,5-7,10-15H2,(H,20,22). The third kappa shape index (κ3) is 4.33. The van der Waals surface area contributed by atoms with Gasteiger partial charge in [-0.2, -0.15) is 0 Å². The Bertz CT molecular complexity index is 468. The fourth-order valence-corrected chi connectivity index (χ4v) is 3.82. The van der Waals surface area contributed by atoms with Crippen molar-refractivity contribution in [1.29, 1.82) is 0 Å². The number of rotatable bonds is 4. The summed E-state index contributed by atoms with van der Waals surface area (Å²) in [4.78, 5) is 15.0. The highest BCUT2D eigenvalue weighted by atomic mass is 16.2. The Morgan fingerprint density at radius 2 is 1.82 bits per heavy atom. The molecule has 1 N–H and O–H groups in total. The Morgan fingerprint density at radius 1 is 1.05 bits per heavy atom. The van der Waals surface area contributed by atoms with Crippen molar-refractivity contribution in [3.05, 3.63) is 35.9 Å². The van der Waals surface area contributed by atoms with Crippen LogP contribution in [-0.2, 0) is 11.3 Å². The van der Waals surface area contributed by atoms with E-state index in [4.69, 9.17) is 0 Å². The molecule has 0 spiro atoms. The fraction of sp³-hybridized carbons (Fsp3) is 0.632. The lowest BCUT2D eigenvalue weighted by atomic mass is 9.93. The molecule has 1 aromatic rings. The number of likely N-dealkylation sites (tertiary alicyclic amines) is 1. The quantitative estimate of drug-likeness (QED) is 0.925. The Labute approximate surface area is 134 Å². The van der Waals surface area contributed by atoms with Crippen LogP contribution in [0.4, 0.5) is 0 Å². The predicted molar refractivity (Wildman–Crippen MR) is 89.5 cm³/mol. The average molecular weight is 300 g/mol. The van der Waals surface area contributed by atoms with Gasteiger partial charge in [-0.25, -0.2) is 0 Å².